The number of nitrogens with two attached hydrogens (primary N) is 1. The van der Waals surface area contributed by atoms with E-state index in [2.05, 4.69) is 9.97 Å². The summed E-state index contributed by atoms with van der Waals surface area (Å²) < 4.78 is 0. The van der Waals surface area contributed by atoms with Gasteiger partial charge in [-0.2, -0.15) is 0 Å². The summed E-state index contributed by atoms with van der Waals surface area (Å²) in [6.07, 6.45) is 5.34. The van der Waals surface area contributed by atoms with Gasteiger partial charge in [0.1, 0.15) is 0 Å². The van der Waals surface area contributed by atoms with Crippen LogP contribution in [0.2, 0.25) is 0 Å². The molecule has 0 spiro atoms. The lowest BCUT2D eigenvalue weighted by Gasteiger charge is -2.08. The summed E-state index contributed by atoms with van der Waals surface area (Å²) >= 11 is 0. The van der Waals surface area contributed by atoms with Gasteiger partial charge in [0.2, 0.25) is 0 Å². The summed E-state index contributed by atoms with van der Waals surface area (Å²) in [4.78, 5) is 18.7. The molecule has 1 aromatic heterocycles. The topological polar surface area (TPSA) is 71.8 Å². The van der Waals surface area contributed by atoms with Gasteiger partial charge in [-0.15, -0.1) is 0 Å². The van der Waals surface area contributed by atoms with E-state index in [-0.39, 0.29) is 5.78 Å². The van der Waals surface area contributed by atoms with E-state index in [9.17, 15) is 4.79 Å². The summed E-state index contributed by atoms with van der Waals surface area (Å²) in [5.41, 5.74) is 7.49. The average molecular weight is 228 g/mol. The van der Waals surface area contributed by atoms with E-state index in [0.717, 1.165) is 11.3 Å². The van der Waals surface area contributed by atoms with Crippen molar-refractivity contribution in [2.24, 2.45) is 5.73 Å². The second-order valence-corrected chi connectivity index (χ2v) is 3.83. The smallest absolute Gasteiger partial charge is 0.158 e. The van der Waals surface area contributed by atoms with E-state index in [1.165, 1.54) is 0 Å². The number of aromatic amines is 1. The molecule has 0 aliphatic heterocycles. The van der Waals surface area contributed by atoms with Crippen LogP contribution in [0.3, 0.4) is 0 Å². The lowest BCUT2D eigenvalue weighted by atomic mass is 10.0. The molecule has 0 aliphatic rings. The monoisotopic (exact) mass is 228 g/mol. The second-order valence-electron chi connectivity index (χ2n) is 3.83. The molecule has 2 aromatic rings. The van der Waals surface area contributed by atoms with Crippen LogP contribution in [0, 0.1) is 6.42 Å². The molecule has 0 amide bonds. The van der Waals surface area contributed by atoms with Crippen LogP contribution >= 0.6 is 0 Å². The van der Waals surface area contributed by atoms with Gasteiger partial charge in [-0.3, -0.25) is 4.79 Å². The van der Waals surface area contributed by atoms with Crippen LogP contribution in [0.15, 0.2) is 42.9 Å². The molecule has 0 saturated carbocycles. The standard InChI is InChI=1S/C13H14N3O/c14-12(7-11-8-15-9-16-11)13(17)6-10-4-2-1-3-5-10/h1-6,8-9,12H,7,14H2,(H,15,16)/t12-/m0/s1. The Kier molecular flexibility index (Phi) is 3.67. The Balaban J connectivity index is 1.92. The zero-order chi connectivity index (χ0) is 12.1. The summed E-state index contributed by atoms with van der Waals surface area (Å²) in [6, 6.07) is 8.89. The number of carbonyl (C=O) groups excluding carboxylic acids is 1. The van der Waals surface area contributed by atoms with Gasteiger partial charge >= 0.3 is 0 Å². The SMILES string of the molecule is N[C@@H](Cc1c[nH]cn1)C(=O)[CH]c1ccccc1. The van der Waals surface area contributed by atoms with Gasteiger partial charge in [-0.25, -0.2) is 4.98 Å². The Morgan fingerprint density at radius 1 is 1.41 bits per heavy atom. The van der Waals surface area contributed by atoms with Crippen LogP contribution in [0.5, 0.6) is 0 Å². The summed E-state index contributed by atoms with van der Waals surface area (Å²) in [5, 5.41) is 0. The van der Waals surface area contributed by atoms with E-state index in [1.54, 1.807) is 18.9 Å². The van der Waals surface area contributed by atoms with Crippen LogP contribution < -0.4 is 5.73 Å². The van der Waals surface area contributed by atoms with Gasteiger partial charge in [-0.05, 0) is 5.56 Å². The molecule has 0 bridgehead atoms. The van der Waals surface area contributed by atoms with Gasteiger partial charge < -0.3 is 10.7 Å². The Morgan fingerprint density at radius 2 is 2.18 bits per heavy atom. The van der Waals surface area contributed by atoms with Gasteiger partial charge in [0, 0.05) is 12.6 Å². The number of benzene rings is 1. The highest BCUT2D eigenvalue weighted by molar-refractivity contribution is 5.94. The normalized spacial score (nSPS) is 12.3. The van der Waals surface area contributed by atoms with Crippen molar-refractivity contribution >= 4 is 5.78 Å². The molecule has 17 heavy (non-hydrogen) atoms. The Labute approximate surface area is 99.9 Å². The highest BCUT2D eigenvalue weighted by Crippen LogP contribution is 2.06. The molecule has 0 fully saturated rings. The molecule has 2 rings (SSSR count). The van der Waals surface area contributed by atoms with Crippen molar-refractivity contribution in [3.63, 3.8) is 0 Å². The number of H-pyrrole nitrogens is 1. The molecule has 1 aromatic carbocycles. The fraction of sp³-hybridized carbons (Fsp3) is 0.154. The van der Waals surface area contributed by atoms with Gasteiger partial charge in [0.05, 0.1) is 24.5 Å². The number of hydrogen-bond donors (Lipinski definition) is 2. The van der Waals surface area contributed by atoms with Crippen LogP contribution in [-0.2, 0) is 11.2 Å². The molecule has 3 N–H and O–H groups in total. The van der Waals surface area contributed by atoms with Crippen LogP contribution in [0.25, 0.3) is 0 Å². The lowest BCUT2D eigenvalue weighted by molar-refractivity contribution is -0.116. The molecule has 87 valence electrons. The molecule has 4 heteroatoms. The molecule has 4 nitrogen and oxygen atoms in total. The fourth-order valence-corrected chi connectivity index (χ4v) is 1.55. The summed E-state index contributed by atoms with van der Waals surface area (Å²) in [5.74, 6) is -0.0841. The number of imidazole rings is 1. The fourth-order valence-electron chi connectivity index (χ4n) is 1.55. The van der Waals surface area contributed by atoms with Crippen molar-refractivity contribution in [1.29, 1.82) is 0 Å². The third-order valence-corrected chi connectivity index (χ3v) is 2.46. The molecular weight excluding hydrogens is 214 g/mol. The number of aromatic nitrogens is 2. The summed E-state index contributed by atoms with van der Waals surface area (Å²) in [6.45, 7) is 0. The van der Waals surface area contributed by atoms with E-state index >= 15 is 0 Å². The maximum atomic E-state index is 11.8. The maximum Gasteiger partial charge on any atom is 0.158 e. The van der Waals surface area contributed by atoms with Crippen molar-refractivity contribution in [2.45, 2.75) is 12.5 Å². The summed E-state index contributed by atoms with van der Waals surface area (Å²) in [7, 11) is 0. The van der Waals surface area contributed by atoms with E-state index in [4.69, 9.17) is 5.73 Å². The van der Waals surface area contributed by atoms with E-state index in [1.807, 2.05) is 30.3 Å². The van der Waals surface area contributed by atoms with Gasteiger partial charge in [0.25, 0.3) is 0 Å². The molecule has 0 aliphatic carbocycles. The molecule has 1 heterocycles. The number of ketones is 1. The quantitative estimate of drug-likeness (QED) is 0.805. The Morgan fingerprint density at radius 3 is 2.82 bits per heavy atom. The molecule has 1 radical (unpaired) electrons. The zero-order valence-electron chi connectivity index (χ0n) is 9.34. The van der Waals surface area contributed by atoms with Crippen LogP contribution in [0.4, 0.5) is 0 Å². The first-order chi connectivity index (χ1) is 8.25. The highest BCUT2D eigenvalue weighted by Gasteiger charge is 2.15. The Hall–Kier alpha value is -1.94. The second kappa shape index (κ2) is 5.41. The van der Waals surface area contributed by atoms with Crippen molar-refractivity contribution in [3.05, 3.63) is 60.5 Å². The zero-order valence-corrected chi connectivity index (χ0v) is 9.34. The van der Waals surface area contributed by atoms with Gasteiger partial charge in [-0.1, -0.05) is 30.3 Å². The number of carbonyl (C=O) groups is 1. The number of nitrogens with one attached hydrogen (secondary N) is 1. The first-order valence-corrected chi connectivity index (χ1v) is 5.42. The largest absolute Gasteiger partial charge is 0.351 e. The number of rotatable bonds is 5. The number of nitrogens with zero attached hydrogens (tertiary/aromatic N) is 1. The molecule has 0 unspecified atom stereocenters. The third kappa shape index (κ3) is 3.26. The lowest BCUT2D eigenvalue weighted by Crippen LogP contribution is -2.33. The molecular formula is C13H14N3O. The van der Waals surface area contributed by atoms with E-state index in [0.29, 0.717) is 6.42 Å². The predicted octanol–water partition coefficient (Wildman–Crippen LogP) is 1.10. The Bertz CT molecular complexity index is 465. The first-order valence-electron chi connectivity index (χ1n) is 5.42. The minimum Gasteiger partial charge on any atom is -0.351 e. The van der Waals surface area contributed by atoms with E-state index < -0.39 is 6.04 Å². The predicted molar refractivity (Wildman–Crippen MR) is 65.1 cm³/mol. The third-order valence-electron chi connectivity index (χ3n) is 2.46. The minimum atomic E-state index is -0.543. The molecule has 1 atom stereocenters. The van der Waals surface area contributed by atoms with Crippen molar-refractivity contribution in [3.8, 4) is 0 Å². The van der Waals surface area contributed by atoms with Crippen molar-refractivity contribution in [1.82, 2.24) is 9.97 Å². The highest BCUT2D eigenvalue weighted by atomic mass is 16.1. The van der Waals surface area contributed by atoms with Crippen LogP contribution in [0.1, 0.15) is 11.3 Å². The van der Waals surface area contributed by atoms with Crippen LogP contribution in [-0.4, -0.2) is 21.8 Å². The average Bonchev–Trinajstić information content (AvgIpc) is 2.83. The van der Waals surface area contributed by atoms with Crippen molar-refractivity contribution < 1.29 is 4.79 Å². The maximum absolute atomic E-state index is 11.8. The number of hydrogen-bond acceptors (Lipinski definition) is 3. The number of Topliss-reactive ketones (excluding diaryl/α,β-unsaturated/α-hetero) is 1. The van der Waals surface area contributed by atoms with Crippen molar-refractivity contribution in [2.75, 3.05) is 0 Å². The minimum absolute atomic E-state index is 0.0841. The molecule has 0 saturated heterocycles. The van der Waals surface area contributed by atoms with Gasteiger partial charge in [0.15, 0.2) is 5.78 Å². The first kappa shape index (κ1) is 11.5.